The molecular weight excluding hydrogens is 315 g/mol. The lowest BCUT2D eigenvalue weighted by molar-refractivity contribution is -0.193. The Bertz CT molecular complexity index is 526. The van der Waals surface area contributed by atoms with E-state index >= 15 is 0 Å². The maximum absolute atomic E-state index is 12.6. The Morgan fingerprint density at radius 1 is 1.35 bits per heavy atom. The van der Waals surface area contributed by atoms with Gasteiger partial charge in [0.1, 0.15) is 17.9 Å². The van der Waals surface area contributed by atoms with Crippen LogP contribution in [0, 0.1) is 5.92 Å². The van der Waals surface area contributed by atoms with Crippen LogP contribution < -0.4 is 4.74 Å². The lowest BCUT2D eigenvalue weighted by Gasteiger charge is -2.39. The summed E-state index contributed by atoms with van der Waals surface area (Å²) in [5.41, 5.74) is -1.08. The van der Waals surface area contributed by atoms with Crippen LogP contribution in [-0.4, -0.2) is 46.2 Å². The van der Waals surface area contributed by atoms with E-state index in [2.05, 4.69) is 4.98 Å². The van der Waals surface area contributed by atoms with Gasteiger partial charge in [0, 0.05) is 6.07 Å². The predicted molar refractivity (Wildman–Crippen MR) is 74.9 cm³/mol. The van der Waals surface area contributed by atoms with Gasteiger partial charge in [-0.3, -0.25) is 0 Å². The van der Waals surface area contributed by atoms with Crippen molar-refractivity contribution < 1.29 is 32.9 Å². The van der Waals surface area contributed by atoms with Gasteiger partial charge < -0.3 is 19.7 Å². The number of alkyl halides is 3. The first-order valence-corrected chi connectivity index (χ1v) is 7.42. The molecule has 2 rings (SSSR count). The van der Waals surface area contributed by atoms with E-state index in [-0.39, 0.29) is 18.4 Å². The van der Waals surface area contributed by atoms with Gasteiger partial charge in [-0.05, 0) is 12.0 Å². The second-order valence-electron chi connectivity index (χ2n) is 5.68. The van der Waals surface area contributed by atoms with E-state index in [1.54, 1.807) is 0 Å². The third-order valence-electron chi connectivity index (χ3n) is 4.01. The van der Waals surface area contributed by atoms with Crippen LogP contribution in [-0.2, 0) is 10.9 Å². The van der Waals surface area contributed by atoms with Gasteiger partial charge in [-0.1, -0.05) is 26.3 Å². The minimum absolute atomic E-state index is 0.0345. The maximum atomic E-state index is 12.6. The number of hydrogen-bond acceptors (Lipinski definition) is 5. The lowest BCUT2D eigenvalue weighted by atomic mass is 9.90. The molecule has 0 aliphatic carbocycles. The zero-order valence-electron chi connectivity index (χ0n) is 12.8. The maximum Gasteiger partial charge on any atom is 0.433 e. The molecule has 0 bridgehead atoms. The van der Waals surface area contributed by atoms with Crippen molar-refractivity contribution in [1.29, 1.82) is 0 Å². The van der Waals surface area contributed by atoms with Gasteiger partial charge in [-0.25, -0.2) is 4.98 Å². The first kappa shape index (κ1) is 18.0. The molecule has 0 saturated carbocycles. The van der Waals surface area contributed by atoms with Crippen molar-refractivity contribution in [2.24, 2.45) is 5.92 Å². The van der Waals surface area contributed by atoms with Gasteiger partial charge in [0.2, 0.25) is 5.88 Å². The van der Waals surface area contributed by atoms with E-state index in [0.29, 0.717) is 0 Å². The molecule has 1 fully saturated rings. The molecule has 0 spiro atoms. The van der Waals surface area contributed by atoms with E-state index in [1.807, 2.05) is 13.8 Å². The molecule has 1 aliphatic heterocycles. The van der Waals surface area contributed by atoms with Crippen LogP contribution in [0.4, 0.5) is 13.2 Å². The summed E-state index contributed by atoms with van der Waals surface area (Å²) in [6.45, 7) is 3.78. The Morgan fingerprint density at radius 2 is 2.04 bits per heavy atom. The minimum Gasteiger partial charge on any atom is -0.469 e. The predicted octanol–water partition coefficient (Wildman–Crippen LogP) is 2.01. The highest BCUT2D eigenvalue weighted by Crippen LogP contribution is 2.30. The molecule has 8 heteroatoms. The van der Waals surface area contributed by atoms with Gasteiger partial charge in [-0.2, -0.15) is 13.2 Å². The van der Waals surface area contributed by atoms with E-state index in [0.717, 1.165) is 12.5 Å². The molecular formula is C15H20F3NO4. The molecule has 5 atom stereocenters. The number of hydrogen-bond donors (Lipinski definition) is 2. The van der Waals surface area contributed by atoms with Gasteiger partial charge >= 0.3 is 6.18 Å². The molecule has 2 heterocycles. The minimum atomic E-state index is -4.58. The summed E-state index contributed by atoms with van der Waals surface area (Å²) in [4.78, 5) is 3.37. The van der Waals surface area contributed by atoms with Gasteiger partial charge in [0.15, 0.2) is 6.10 Å². The number of aliphatic hydroxyl groups is 2. The van der Waals surface area contributed by atoms with Crippen LogP contribution in [0.3, 0.4) is 0 Å². The molecule has 1 aromatic heterocycles. The number of aromatic nitrogens is 1. The van der Waals surface area contributed by atoms with Gasteiger partial charge in [-0.15, -0.1) is 0 Å². The molecule has 1 saturated heterocycles. The quantitative estimate of drug-likeness (QED) is 0.881. The molecule has 0 amide bonds. The largest absolute Gasteiger partial charge is 0.469 e. The first-order valence-electron chi connectivity index (χ1n) is 7.42. The molecule has 1 aliphatic rings. The highest BCUT2D eigenvalue weighted by Gasteiger charge is 2.42. The van der Waals surface area contributed by atoms with E-state index in [9.17, 15) is 23.4 Å². The van der Waals surface area contributed by atoms with Crippen LogP contribution in [0.2, 0.25) is 0 Å². The lowest BCUT2D eigenvalue weighted by Crippen LogP contribution is -2.56. The highest BCUT2D eigenvalue weighted by atomic mass is 19.4. The van der Waals surface area contributed by atoms with Gasteiger partial charge in [0.05, 0.1) is 12.7 Å². The summed E-state index contributed by atoms with van der Waals surface area (Å²) >= 11 is 0. The zero-order chi connectivity index (χ0) is 17.2. The zero-order valence-corrected chi connectivity index (χ0v) is 12.8. The average molecular weight is 335 g/mol. The number of nitrogens with zero attached hydrogens (tertiary/aromatic N) is 1. The number of ether oxygens (including phenoxy) is 2. The van der Waals surface area contributed by atoms with Crippen molar-refractivity contribution in [3.8, 4) is 5.88 Å². The molecule has 5 unspecified atom stereocenters. The summed E-state index contributed by atoms with van der Waals surface area (Å²) in [6, 6.07) is 3.25. The Labute approximate surface area is 132 Å². The monoisotopic (exact) mass is 335 g/mol. The van der Waals surface area contributed by atoms with E-state index in [1.165, 1.54) is 12.1 Å². The topological polar surface area (TPSA) is 71.8 Å². The van der Waals surface area contributed by atoms with E-state index in [4.69, 9.17) is 9.47 Å². The normalized spacial score (nSPS) is 30.0. The summed E-state index contributed by atoms with van der Waals surface area (Å²) in [5.74, 6) is -0.242. The number of halogens is 3. The Hall–Kier alpha value is -1.38. The number of pyridine rings is 1. The molecule has 2 N–H and O–H groups in total. The molecule has 5 nitrogen and oxygen atoms in total. The van der Waals surface area contributed by atoms with Gasteiger partial charge in [0.25, 0.3) is 0 Å². The summed E-state index contributed by atoms with van der Waals surface area (Å²) < 4.78 is 48.7. The number of rotatable bonds is 4. The van der Waals surface area contributed by atoms with E-state index < -0.39 is 36.3 Å². The average Bonchev–Trinajstić information content (AvgIpc) is 2.51. The van der Waals surface area contributed by atoms with Crippen LogP contribution in [0.5, 0.6) is 5.88 Å². The Balaban J connectivity index is 2.07. The van der Waals surface area contributed by atoms with Crippen molar-refractivity contribution in [3.05, 3.63) is 23.9 Å². The summed E-state index contributed by atoms with van der Waals surface area (Å²) in [6.07, 6.45) is -7.78. The molecule has 130 valence electrons. The van der Waals surface area contributed by atoms with Crippen LogP contribution >= 0.6 is 0 Å². The van der Waals surface area contributed by atoms with Crippen molar-refractivity contribution in [3.63, 3.8) is 0 Å². The standard InChI is InChI=1S/C15H20F3NO4/c1-3-8(2)14-13(21)12(20)9(7-22-14)23-11-6-4-5-10(19-11)15(16,17)18/h4-6,8-9,12-14,20-21H,3,7H2,1-2H3. The molecule has 0 radical (unpaired) electrons. The fourth-order valence-electron chi connectivity index (χ4n) is 2.45. The second-order valence-corrected chi connectivity index (χ2v) is 5.68. The van der Waals surface area contributed by atoms with Crippen LogP contribution in [0.15, 0.2) is 18.2 Å². The summed E-state index contributed by atoms with van der Waals surface area (Å²) in [5, 5.41) is 20.3. The van der Waals surface area contributed by atoms with Crippen LogP contribution in [0.1, 0.15) is 26.0 Å². The Kier molecular flexibility index (Phi) is 5.49. The molecule has 23 heavy (non-hydrogen) atoms. The van der Waals surface area contributed by atoms with Crippen LogP contribution in [0.25, 0.3) is 0 Å². The van der Waals surface area contributed by atoms with Crippen molar-refractivity contribution in [2.75, 3.05) is 6.61 Å². The SMILES string of the molecule is CCC(C)C1OCC(Oc2cccc(C(F)(F)F)n2)C(O)C1O. The molecule has 1 aromatic rings. The van der Waals surface area contributed by atoms with Crippen molar-refractivity contribution in [2.45, 2.75) is 50.9 Å². The number of aliphatic hydroxyl groups excluding tert-OH is 2. The third kappa shape index (κ3) is 4.13. The fourth-order valence-corrected chi connectivity index (χ4v) is 2.45. The molecule has 0 aromatic carbocycles. The highest BCUT2D eigenvalue weighted by molar-refractivity contribution is 5.18. The smallest absolute Gasteiger partial charge is 0.433 e. The second kappa shape index (κ2) is 7.02. The fraction of sp³-hybridized carbons (Fsp3) is 0.667. The van der Waals surface area contributed by atoms with Crippen molar-refractivity contribution in [1.82, 2.24) is 4.98 Å². The third-order valence-corrected chi connectivity index (χ3v) is 4.01. The summed E-state index contributed by atoms with van der Waals surface area (Å²) in [7, 11) is 0. The first-order chi connectivity index (χ1) is 10.7. The van der Waals surface area contributed by atoms with Crippen molar-refractivity contribution >= 4 is 0 Å². The Morgan fingerprint density at radius 3 is 2.65 bits per heavy atom.